The van der Waals surface area contributed by atoms with Crippen LogP contribution >= 0.6 is 0 Å². The Kier molecular flexibility index (Phi) is 3.13. The summed E-state index contributed by atoms with van der Waals surface area (Å²) in [5.41, 5.74) is 1.77. The first-order valence-electron chi connectivity index (χ1n) is 6.32. The quantitative estimate of drug-likeness (QED) is 0.733. The molecule has 0 bridgehead atoms. The summed E-state index contributed by atoms with van der Waals surface area (Å²) >= 11 is 0. The fourth-order valence-electron chi connectivity index (χ4n) is 2.20. The van der Waals surface area contributed by atoms with Crippen LogP contribution in [0.2, 0.25) is 0 Å². The van der Waals surface area contributed by atoms with E-state index >= 15 is 0 Å². The molecule has 0 saturated heterocycles. The third-order valence-electron chi connectivity index (χ3n) is 3.17. The van der Waals surface area contributed by atoms with Crippen LogP contribution in [0, 0.1) is 23.3 Å². The summed E-state index contributed by atoms with van der Waals surface area (Å²) < 4.78 is 6.72. The number of nitriles is 1. The van der Waals surface area contributed by atoms with Gasteiger partial charge in [-0.05, 0) is 25.1 Å². The Morgan fingerprint density at radius 2 is 2.23 bits per heavy atom. The predicted octanol–water partition coefficient (Wildman–Crippen LogP) is 2.70. The largest absolute Gasteiger partial charge is 0.476 e. The van der Waals surface area contributed by atoms with E-state index in [0.29, 0.717) is 16.9 Å². The normalized spacial score (nSPS) is 10.0. The minimum atomic E-state index is -1.15. The van der Waals surface area contributed by atoms with E-state index in [4.69, 9.17) is 9.63 Å². The molecule has 0 aliphatic carbocycles. The molecule has 0 aliphatic rings. The van der Waals surface area contributed by atoms with Crippen LogP contribution in [0.5, 0.6) is 0 Å². The highest BCUT2D eigenvalue weighted by Crippen LogP contribution is 2.28. The van der Waals surface area contributed by atoms with Gasteiger partial charge in [-0.15, -0.1) is 0 Å². The number of aromatic nitrogens is 2. The van der Waals surface area contributed by atoms with Crippen molar-refractivity contribution in [1.82, 2.24) is 9.72 Å². The maximum absolute atomic E-state index is 10.8. The van der Waals surface area contributed by atoms with Crippen molar-refractivity contribution in [2.45, 2.75) is 6.92 Å². The molecule has 0 unspecified atom stereocenters. The number of fused-ring (bicyclic) bond motifs is 1. The van der Waals surface area contributed by atoms with Crippen molar-refractivity contribution in [2.24, 2.45) is 0 Å². The molecule has 0 spiro atoms. The highest BCUT2D eigenvalue weighted by molar-refractivity contribution is 5.91. The molecule has 6 heteroatoms. The molecule has 22 heavy (non-hydrogen) atoms. The van der Waals surface area contributed by atoms with E-state index in [0.717, 1.165) is 10.9 Å². The van der Waals surface area contributed by atoms with Crippen molar-refractivity contribution in [3.8, 4) is 29.4 Å². The lowest BCUT2D eigenvalue weighted by atomic mass is 10.1. The summed E-state index contributed by atoms with van der Waals surface area (Å²) in [7, 11) is 0. The van der Waals surface area contributed by atoms with Crippen LogP contribution in [0.4, 0.5) is 0 Å². The van der Waals surface area contributed by atoms with Crippen LogP contribution in [0.25, 0.3) is 22.2 Å². The number of carboxylic acids is 1. The fraction of sp³-hybridized carbons (Fsp3) is 0.0625. The molecule has 3 aromatic rings. The van der Waals surface area contributed by atoms with Crippen molar-refractivity contribution in [1.29, 1.82) is 5.26 Å². The second-order valence-electron chi connectivity index (χ2n) is 4.50. The van der Waals surface area contributed by atoms with Crippen LogP contribution in [0.1, 0.15) is 23.0 Å². The Labute approximate surface area is 125 Å². The molecule has 0 saturated carbocycles. The van der Waals surface area contributed by atoms with Crippen LogP contribution in [-0.4, -0.2) is 20.8 Å². The van der Waals surface area contributed by atoms with Crippen LogP contribution < -0.4 is 0 Å². The summed E-state index contributed by atoms with van der Waals surface area (Å²) in [6, 6.07) is 11.7. The standard InChI is InChI=1S/C16H9N3O3/c1-2-5-19-9-11(8-17)12-6-10(3-4-14(12)19)15-7-13(16(20)21)18-22-15/h3-4,6-7,9H,1H3,(H,20,21). The zero-order chi connectivity index (χ0) is 15.7. The van der Waals surface area contributed by atoms with E-state index in [1.807, 2.05) is 0 Å². The minimum absolute atomic E-state index is 0.162. The molecule has 3 rings (SSSR count). The van der Waals surface area contributed by atoms with Crippen molar-refractivity contribution in [3.63, 3.8) is 0 Å². The lowest BCUT2D eigenvalue weighted by Crippen LogP contribution is -1.94. The van der Waals surface area contributed by atoms with Gasteiger partial charge < -0.3 is 9.63 Å². The van der Waals surface area contributed by atoms with Gasteiger partial charge in [-0.3, -0.25) is 4.57 Å². The number of carbonyl (C=O) groups is 1. The van der Waals surface area contributed by atoms with Crippen molar-refractivity contribution in [3.05, 3.63) is 41.7 Å². The molecule has 2 heterocycles. The molecule has 0 radical (unpaired) electrons. The molecule has 2 aromatic heterocycles. The first kappa shape index (κ1) is 13.5. The van der Waals surface area contributed by atoms with Gasteiger partial charge in [0.1, 0.15) is 6.07 Å². The average molecular weight is 291 g/mol. The highest BCUT2D eigenvalue weighted by atomic mass is 16.5. The molecular weight excluding hydrogens is 282 g/mol. The summed E-state index contributed by atoms with van der Waals surface area (Å²) in [5, 5.41) is 22.3. The Hall–Kier alpha value is -3.51. The average Bonchev–Trinajstić information content (AvgIpc) is 3.12. The maximum atomic E-state index is 10.8. The van der Waals surface area contributed by atoms with E-state index in [9.17, 15) is 10.1 Å². The fourth-order valence-corrected chi connectivity index (χ4v) is 2.20. The van der Waals surface area contributed by atoms with Gasteiger partial charge in [0.25, 0.3) is 0 Å². The van der Waals surface area contributed by atoms with Gasteiger partial charge in [0.15, 0.2) is 11.5 Å². The molecular formula is C16H9N3O3. The van der Waals surface area contributed by atoms with Gasteiger partial charge in [-0.1, -0.05) is 11.1 Å². The van der Waals surface area contributed by atoms with Gasteiger partial charge >= 0.3 is 5.97 Å². The summed E-state index contributed by atoms with van der Waals surface area (Å²) in [6.07, 6.45) is 1.66. The van der Waals surface area contributed by atoms with Crippen LogP contribution in [0.3, 0.4) is 0 Å². The Morgan fingerprint density at radius 3 is 2.86 bits per heavy atom. The van der Waals surface area contributed by atoms with Crippen LogP contribution in [0.15, 0.2) is 35.0 Å². The smallest absolute Gasteiger partial charge is 0.358 e. The van der Waals surface area contributed by atoms with E-state index < -0.39 is 5.97 Å². The van der Waals surface area contributed by atoms with Gasteiger partial charge in [-0.2, -0.15) is 5.26 Å². The third-order valence-corrected chi connectivity index (χ3v) is 3.17. The number of hydrogen-bond acceptors (Lipinski definition) is 4. The van der Waals surface area contributed by atoms with Crippen molar-refractivity contribution in [2.75, 3.05) is 0 Å². The molecule has 1 N–H and O–H groups in total. The number of carboxylic acid groups (broad SMARTS) is 1. The number of hydrogen-bond donors (Lipinski definition) is 1. The first-order valence-corrected chi connectivity index (χ1v) is 6.32. The summed E-state index contributed by atoms with van der Waals surface area (Å²) in [4.78, 5) is 10.8. The molecule has 6 nitrogen and oxygen atoms in total. The lowest BCUT2D eigenvalue weighted by molar-refractivity contribution is 0.0686. The molecule has 0 atom stereocenters. The third kappa shape index (κ3) is 2.09. The maximum Gasteiger partial charge on any atom is 0.358 e. The second kappa shape index (κ2) is 5.12. The number of benzene rings is 1. The van der Waals surface area contributed by atoms with E-state index in [2.05, 4.69) is 23.2 Å². The van der Waals surface area contributed by atoms with Crippen LogP contribution in [-0.2, 0) is 0 Å². The number of aromatic carboxylic acids is 1. The Morgan fingerprint density at radius 1 is 1.41 bits per heavy atom. The molecule has 106 valence electrons. The van der Waals surface area contributed by atoms with Gasteiger partial charge in [-0.25, -0.2) is 4.79 Å². The highest BCUT2D eigenvalue weighted by Gasteiger charge is 2.14. The topological polar surface area (TPSA) is 92.0 Å². The second-order valence-corrected chi connectivity index (χ2v) is 4.50. The zero-order valence-electron chi connectivity index (χ0n) is 11.5. The van der Waals surface area contributed by atoms with Gasteiger partial charge in [0, 0.05) is 29.3 Å². The Bertz CT molecular complexity index is 993. The first-order chi connectivity index (χ1) is 10.6. The lowest BCUT2D eigenvalue weighted by Gasteiger charge is -1.98. The Balaban J connectivity index is 2.18. The van der Waals surface area contributed by atoms with E-state index in [1.54, 1.807) is 35.9 Å². The summed E-state index contributed by atoms with van der Waals surface area (Å²) in [6.45, 7) is 1.72. The molecule has 0 fully saturated rings. The van der Waals surface area contributed by atoms with Crippen molar-refractivity contribution >= 4 is 16.9 Å². The van der Waals surface area contributed by atoms with Gasteiger partial charge in [0.2, 0.25) is 0 Å². The molecule has 0 amide bonds. The number of rotatable bonds is 2. The summed E-state index contributed by atoms with van der Waals surface area (Å²) in [5.74, 6) is 1.96. The molecule has 1 aromatic carbocycles. The van der Waals surface area contributed by atoms with Gasteiger partial charge in [0.05, 0.1) is 11.1 Å². The van der Waals surface area contributed by atoms with Crippen molar-refractivity contribution < 1.29 is 14.4 Å². The van der Waals surface area contributed by atoms with E-state index in [1.165, 1.54) is 6.07 Å². The monoisotopic (exact) mass is 291 g/mol. The minimum Gasteiger partial charge on any atom is -0.476 e. The predicted molar refractivity (Wildman–Crippen MR) is 78.0 cm³/mol. The number of nitrogens with zero attached hydrogens (tertiary/aromatic N) is 3. The zero-order valence-corrected chi connectivity index (χ0v) is 11.5. The SMILES string of the molecule is CC#Cn1cc(C#N)c2cc(-c3cc(C(=O)O)no3)ccc21. The molecule has 0 aliphatic heterocycles. The van der Waals surface area contributed by atoms with E-state index in [-0.39, 0.29) is 5.69 Å².